The summed E-state index contributed by atoms with van der Waals surface area (Å²) < 4.78 is 17.4. The van der Waals surface area contributed by atoms with Crippen LogP contribution in [0.3, 0.4) is 0 Å². The lowest BCUT2D eigenvalue weighted by Gasteiger charge is -2.09. The topological polar surface area (TPSA) is 62.5 Å². The second-order valence-corrected chi connectivity index (χ2v) is 3.91. The predicted octanol–water partition coefficient (Wildman–Crippen LogP) is 2.32. The van der Waals surface area contributed by atoms with Crippen molar-refractivity contribution in [2.24, 2.45) is 4.99 Å². The number of nitrogens with zero attached hydrogens (tertiary/aromatic N) is 2. The molecule has 1 aromatic heterocycles. The molecule has 0 radical (unpaired) electrons. The van der Waals surface area contributed by atoms with Gasteiger partial charge in [-0.05, 0) is 27.2 Å². The van der Waals surface area contributed by atoms with Gasteiger partial charge in [-0.15, -0.1) is 24.0 Å². The molecule has 0 fully saturated rings. The fourth-order valence-corrected chi connectivity index (χ4v) is 1.37. The molecule has 110 valence electrons. The van der Waals surface area contributed by atoms with Gasteiger partial charge >= 0.3 is 0 Å². The Labute approximate surface area is 130 Å². The molecule has 0 saturated heterocycles. The van der Waals surface area contributed by atoms with Crippen molar-refractivity contribution in [2.75, 3.05) is 19.8 Å². The van der Waals surface area contributed by atoms with E-state index >= 15 is 0 Å². The van der Waals surface area contributed by atoms with Crippen molar-refractivity contribution in [1.29, 1.82) is 0 Å². The first-order chi connectivity index (χ1) is 8.67. The van der Waals surface area contributed by atoms with Gasteiger partial charge in [0.25, 0.3) is 0 Å². The molecule has 0 bridgehead atoms. The van der Waals surface area contributed by atoms with Crippen molar-refractivity contribution in [2.45, 2.75) is 33.7 Å². The van der Waals surface area contributed by atoms with Crippen molar-refractivity contribution < 1.29 is 8.81 Å². The zero-order valence-electron chi connectivity index (χ0n) is 11.6. The van der Waals surface area contributed by atoms with E-state index < -0.39 is 0 Å². The van der Waals surface area contributed by atoms with Crippen LogP contribution in [0.5, 0.6) is 0 Å². The number of nitrogens with one attached hydrogen (secondary N) is 2. The number of halogens is 2. The number of alkyl halides is 1. The quantitative estimate of drug-likeness (QED) is 0.342. The monoisotopic (exact) mass is 384 g/mol. The van der Waals surface area contributed by atoms with Gasteiger partial charge in [0.05, 0.1) is 12.4 Å². The minimum absolute atomic E-state index is 0. The first-order valence-electron chi connectivity index (χ1n) is 6.18. The van der Waals surface area contributed by atoms with E-state index in [1.54, 1.807) is 0 Å². The molecule has 0 spiro atoms. The van der Waals surface area contributed by atoms with Gasteiger partial charge in [0.15, 0.2) is 5.96 Å². The number of aromatic nitrogens is 1. The van der Waals surface area contributed by atoms with Crippen molar-refractivity contribution in [1.82, 2.24) is 15.6 Å². The van der Waals surface area contributed by atoms with Gasteiger partial charge in [0.2, 0.25) is 5.89 Å². The molecule has 2 N–H and O–H groups in total. The number of hydrogen-bond donors (Lipinski definition) is 2. The maximum Gasteiger partial charge on any atom is 0.216 e. The van der Waals surface area contributed by atoms with Crippen LogP contribution in [0.2, 0.25) is 0 Å². The van der Waals surface area contributed by atoms with Gasteiger partial charge in [-0.25, -0.2) is 9.98 Å². The van der Waals surface area contributed by atoms with Gasteiger partial charge in [0.1, 0.15) is 12.3 Å². The molecule has 5 nitrogen and oxygen atoms in total. The second kappa shape index (κ2) is 9.99. The molecule has 0 aromatic carbocycles. The van der Waals surface area contributed by atoms with E-state index in [1.165, 1.54) is 0 Å². The highest BCUT2D eigenvalue weighted by atomic mass is 127. The average molecular weight is 384 g/mol. The van der Waals surface area contributed by atoms with E-state index in [0.717, 1.165) is 18.0 Å². The Bertz CT molecular complexity index is 376. The fourth-order valence-electron chi connectivity index (χ4n) is 1.37. The highest BCUT2D eigenvalue weighted by Crippen LogP contribution is 2.08. The van der Waals surface area contributed by atoms with Crippen LogP contribution in [-0.4, -0.2) is 30.7 Å². The summed E-state index contributed by atoms with van der Waals surface area (Å²) in [7, 11) is 0. The lowest BCUT2D eigenvalue weighted by Crippen LogP contribution is -2.37. The van der Waals surface area contributed by atoms with E-state index in [4.69, 9.17) is 4.42 Å². The number of hydrogen-bond acceptors (Lipinski definition) is 3. The van der Waals surface area contributed by atoms with Gasteiger partial charge in [0, 0.05) is 13.1 Å². The summed E-state index contributed by atoms with van der Waals surface area (Å²) in [5.41, 5.74) is 0.885. The van der Waals surface area contributed by atoms with Crippen molar-refractivity contribution >= 4 is 29.9 Å². The molecule has 1 rings (SSSR count). The summed E-state index contributed by atoms with van der Waals surface area (Å²) in [5.74, 6) is 2.06. The largest absolute Gasteiger partial charge is 0.444 e. The predicted molar refractivity (Wildman–Crippen MR) is 84.8 cm³/mol. The number of oxazole rings is 1. The third-order valence-electron chi connectivity index (χ3n) is 2.39. The van der Waals surface area contributed by atoms with Crippen LogP contribution in [0.1, 0.15) is 30.7 Å². The van der Waals surface area contributed by atoms with Crippen molar-refractivity contribution in [3.63, 3.8) is 0 Å². The van der Waals surface area contributed by atoms with Gasteiger partial charge in [-0.1, -0.05) is 0 Å². The van der Waals surface area contributed by atoms with E-state index in [9.17, 15) is 4.39 Å². The Hall–Kier alpha value is -0.860. The normalized spacial score (nSPS) is 11.1. The van der Waals surface area contributed by atoms with E-state index in [1.807, 2.05) is 20.8 Å². The summed E-state index contributed by atoms with van der Waals surface area (Å²) in [4.78, 5) is 8.58. The maximum absolute atomic E-state index is 12.0. The average Bonchev–Trinajstić information content (AvgIpc) is 2.66. The zero-order valence-corrected chi connectivity index (χ0v) is 14.0. The lowest BCUT2D eigenvalue weighted by molar-refractivity contribution is 0.467. The molecule has 0 aliphatic heterocycles. The Morgan fingerprint density at radius 3 is 2.63 bits per heavy atom. The number of aliphatic imine (C=N–C) groups is 1. The smallest absolute Gasteiger partial charge is 0.216 e. The SMILES string of the molecule is CCNC(=NCc1nc(C)c(C)o1)NCCCF.I. The molecule has 0 aliphatic rings. The third-order valence-corrected chi connectivity index (χ3v) is 2.39. The Kier molecular flexibility index (Phi) is 9.54. The van der Waals surface area contributed by atoms with Crippen LogP contribution >= 0.6 is 24.0 Å². The molecule has 0 aliphatic carbocycles. The first kappa shape index (κ1) is 18.1. The fraction of sp³-hybridized carbons (Fsp3) is 0.667. The van der Waals surface area contributed by atoms with Gasteiger partial charge in [-0.2, -0.15) is 0 Å². The molecule has 1 aromatic rings. The molecular weight excluding hydrogens is 362 g/mol. The molecule has 1 heterocycles. The number of rotatable bonds is 6. The Morgan fingerprint density at radius 1 is 1.37 bits per heavy atom. The maximum atomic E-state index is 12.0. The summed E-state index contributed by atoms with van der Waals surface area (Å²) in [6, 6.07) is 0. The zero-order chi connectivity index (χ0) is 13.4. The summed E-state index contributed by atoms with van der Waals surface area (Å²) in [6.07, 6.45) is 0.474. The molecule has 19 heavy (non-hydrogen) atoms. The first-order valence-corrected chi connectivity index (χ1v) is 6.18. The van der Waals surface area contributed by atoms with Gasteiger partial charge < -0.3 is 15.1 Å². The molecule has 0 unspecified atom stereocenters. The highest BCUT2D eigenvalue weighted by molar-refractivity contribution is 14.0. The summed E-state index contributed by atoms with van der Waals surface area (Å²) in [5, 5.41) is 6.12. The number of aryl methyl sites for hydroxylation is 2. The summed E-state index contributed by atoms with van der Waals surface area (Å²) >= 11 is 0. The Morgan fingerprint density at radius 2 is 2.11 bits per heavy atom. The minimum atomic E-state index is -0.329. The van der Waals surface area contributed by atoms with Crippen LogP contribution < -0.4 is 10.6 Å². The highest BCUT2D eigenvalue weighted by Gasteiger charge is 2.05. The summed E-state index contributed by atoms with van der Waals surface area (Å²) in [6.45, 7) is 7.12. The molecule has 0 saturated carbocycles. The van der Waals surface area contributed by atoms with E-state index in [0.29, 0.717) is 31.4 Å². The molecule has 7 heteroatoms. The third kappa shape index (κ3) is 6.74. The van der Waals surface area contributed by atoms with E-state index in [-0.39, 0.29) is 30.7 Å². The Balaban J connectivity index is 0.00000324. The van der Waals surface area contributed by atoms with Crippen LogP contribution in [0.25, 0.3) is 0 Å². The molecular formula is C12H22FIN4O. The van der Waals surface area contributed by atoms with Crippen molar-refractivity contribution in [3.05, 3.63) is 17.3 Å². The lowest BCUT2D eigenvalue weighted by atomic mass is 10.4. The van der Waals surface area contributed by atoms with Crippen LogP contribution in [0, 0.1) is 13.8 Å². The number of guanidine groups is 1. The van der Waals surface area contributed by atoms with Gasteiger partial charge in [-0.3, -0.25) is 4.39 Å². The standard InChI is InChI=1S/C12H21FN4O.HI/c1-4-14-12(15-7-5-6-13)16-8-11-17-9(2)10(3)18-11;/h4-8H2,1-3H3,(H2,14,15,16);1H. The van der Waals surface area contributed by atoms with Crippen molar-refractivity contribution in [3.8, 4) is 0 Å². The molecule has 0 atom stereocenters. The van der Waals surface area contributed by atoms with Crippen LogP contribution in [0.4, 0.5) is 4.39 Å². The van der Waals surface area contributed by atoms with E-state index in [2.05, 4.69) is 20.6 Å². The van der Waals surface area contributed by atoms with Crippen LogP contribution in [0.15, 0.2) is 9.41 Å². The second-order valence-electron chi connectivity index (χ2n) is 3.91. The van der Waals surface area contributed by atoms with Crippen LogP contribution in [-0.2, 0) is 6.54 Å². The minimum Gasteiger partial charge on any atom is -0.444 e. The molecule has 0 amide bonds.